The molecule has 1 amide bonds. The lowest BCUT2D eigenvalue weighted by atomic mass is 9.82. The van der Waals surface area contributed by atoms with E-state index in [9.17, 15) is 4.79 Å². The molecule has 3 aromatic rings. The molecule has 6 heteroatoms. The Bertz CT molecular complexity index is 960. The van der Waals surface area contributed by atoms with Gasteiger partial charge in [0.2, 0.25) is 5.91 Å². The van der Waals surface area contributed by atoms with Crippen molar-refractivity contribution in [3.05, 3.63) is 59.5 Å². The summed E-state index contributed by atoms with van der Waals surface area (Å²) in [6.45, 7) is 1.59. The number of hydrogen-bond donors (Lipinski definition) is 2. The van der Waals surface area contributed by atoms with Crippen LogP contribution < -0.4 is 5.32 Å². The van der Waals surface area contributed by atoms with Crippen LogP contribution in [0.25, 0.3) is 22.4 Å². The lowest BCUT2D eigenvalue weighted by Crippen LogP contribution is -2.36. The van der Waals surface area contributed by atoms with Gasteiger partial charge in [-0.05, 0) is 67.9 Å². The average Bonchev–Trinajstić information content (AvgIpc) is 3.14. The lowest BCUT2D eigenvalue weighted by molar-refractivity contribution is -0.119. The van der Waals surface area contributed by atoms with Gasteiger partial charge in [0.05, 0.1) is 0 Å². The van der Waals surface area contributed by atoms with E-state index in [1.165, 1.54) is 0 Å². The normalized spacial score (nSPS) is 19.1. The molecule has 2 N–H and O–H groups in total. The number of carbonyl (C=O) groups excluding carboxylic acids is 1. The molecule has 150 valence electrons. The maximum atomic E-state index is 11.3. The van der Waals surface area contributed by atoms with Gasteiger partial charge >= 0.3 is 0 Å². The van der Waals surface area contributed by atoms with E-state index < -0.39 is 0 Å². The monoisotopic (exact) mass is 408 g/mol. The number of carbonyl (C=O) groups is 1. The van der Waals surface area contributed by atoms with Crippen molar-refractivity contribution < 1.29 is 4.79 Å². The number of nitrogens with zero attached hydrogens (tertiary/aromatic N) is 2. The Labute approximate surface area is 175 Å². The Hall–Kier alpha value is -2.66. The molecule has 0 saturated heterocycles. The Morgan fingerprint density at radius 2 is 1.76 bits per heavy atom. The smallest absolute Gasteiger partial charge is 0.217 e. The van der Waals surface area contributed by atoms with E-state index in [4.69, 9.17) is 11.6 Å². The quantitative estimate of drug-likeness (QED) is 0.622. The zero-order chi connectivity index (χ0) is 20.2. The second kappa shape index (κ2) is 8.78. The summed E-state index contributed by atoms with van der Waals surface area (Å²) in [5, 5.41) is 11.7. The summed E-state index contributed by atoms with van der Waals surface area (Å²) < 4.78 is 0. The van der Waals surface area contributed by atoms with E-state index in [0.717, 1.165) is 60.2 Å². The van der Waals surface area contributed by atoms with E-state index >= 15 is 0 Å². The van der Waals surface area contributed by atoms with E-state index in [1.807, 2.05) is 48.8 Å². The minimum atomic E-state index is 0.0644. The summed E-state index contributed by atoms with van der Waals surface area (Å²) in [6, 6.07) is 12.2. The van der Waals surface area contributed by atoms with Crippen molar-refractivity contribution >= 4 is 17.5 Å². The fraction of sp³-hybridized carbons (Fsp3) is 0.348. The van der Waals surface area contributed by atoms with Gasteiger partial charge in [0.25, 0.3) is 0 Å². The van der Waals surface area contributed by atoms with Crippen molar-refractivity contribution in [3.63, 3.8) is 0 Å². The first kappa shape index (κ1) is 19.6. The predicted octanol–water partition coefficient (Wildman–Crippen LogP) is 5.03. The molecule has 2 aromatic heterocycles. The van der Waals surface area contributed by atoms with Crippen LogP contribution in [0.5, 0.6) is 0 Å². The van der Waals surface area contributed by atoms with Crippen LogP contribution in [0.15, 0.2) is 48.8 Å². The highest BCUT2D eigenvalue weighted by atomic mass is 35.5. The molecule has 4 rings (SSSR count). The fourth-order valence-corrected chi connectivity index (χ4v) is 4.39. The van der Waals surface area contributed by atoms with Gasteiger partial charge in [-0.2, -0.15) is 5.10 Å². The highest BCUT2D eigenvalue weighted by Gasteiger charge is 2.25. The number of halogens is 1. The highest BCUT2D eigenvalue weighted by molar-refractivity contribution is 6.30. The maximum Gasteiger partial charge on any atom is 0.217 e. The zero-order valence-electron chi connectivity index (χ0n) is 16.5. The molecule has 0 spiro atoms. The van der Waals surface area contributed by atoms with Crippen LogP contribution in [0.4, 0.5) is 0 Å². The second-order valence-corrected chi connectivity index (χ2v) is 8.23. The van der Waals surface area contributed by atoms with E-state index in [1.54, 1.807) is 6.92 Å². The molecular formula is C23H25ClN4O. The summed E-state index contributed by atoms with van der Waals surface area (Å²) in [5.41, 5.74) is 5.39. The number of nitrogens with one attached hydrogen (secondary N) is 2. The summed E-state index contributed by atoms with van der Waals surface area (Å²) in [4.78, 5) is 15.5. The molecule has 1 aromatic carbocycles. The zero-order valence-corrected chi connectivity index (χ0v) is 17.2. The number of hydrogen-bond acceptors (Lipinski definition) is 3. The molecule has 1 saturated carbocycles. The molecule has 0 bridgehead atoms. The second-order valence-electron chi connectivity index (χ2n) is 7.79. The molecule has 1 aliphatic rings. The van der Waals surface area contributed by atoms with Gasteiger partial charge in [-0.3, -0.25) is 14.9 Å². The Kier molecular flexibility index (Phi) is 5.95. The maximum absolute atomic E-state index is 11.3. The van der Waals surface area contributed by atoms with Crippen molar-refractivity contribution in [3.8, 4) is 22.4 Å². The number of benzene rings is 1. The number of rotatable bonds is 5. The van der Waals surface area contributed by atoms with Crippen LogP contribution in [0.3, 0.4) is 0 Å². The van der Waals surface area contributed by atoms with E-state index in [2.05, 4.69) is 20.5 Å². The van der Waals surface area contributed by atoms with Crippen LogP contribution in [0.1, 0.15) is 38.3 Å². The molecule has 0 atom stereocenters. The standard InChI is InChI=1S/C23H25ClN4O/c1-15(29)26-20-8-2-16(3-9-20)14-21-22(17-10-12-25-13-11-17)23(28-27-21)18-4-6-19(24)7-5-18/h4-7,10-13,16,20H,2-3,8-9,14H2,1H3,(H,26,29)(H,27,28). The van der Waals surface area contributed by atoms with Crippen molar-refractivity contribution in [2.45, 2.75) is 45.1 Å². The number of aromatic nitrogens is 3. The molecule has 2 heterocycles. The van der Waals surface area contributed by atoms with Crippen molar-refractivity contribution in [1.82, 2.24) is 20.5 Å². The first-order valence-corrected chi connectivity index (χ1v) is 10.5. The van der Waals surface area contributed by atoms with Crippen molar-refractivity contribution in [2.24, 2.45) is 5.92 Å². The van der Waals surface area contributed by atoms with Crippen LogP contribution in [-0.4, -0.2) is 27.1 Å². The Morgan fingerprint density at radius 1 is 1.07 bits per heavy atom. The third kappa shape index (κ3) is 4.67. The summed E-state index contributed by atoms with van der Waals surface area (Å²) >= 11 is 6.07. The Morgan fingerprint density at radius 3 is 2.41 bits per heavy atom. The molecule has 1 fully saturated rings. The number of amides is 1. The van der Waals surface area contributed by atoms with Crippen LogP contribution in [-0.2, 0) is 11.2 Å². The molecule has 5 nitrogen and oxygen atoms in total. The summed E-state index contributed by atoms with van der Waals surface area (Å²) in [6.07, 6.45) is 8.86. The molecule has 1 aliphatic carbocycles. The van der Waals surface area contributed by atoms with Crippen LogP contribution in [0.2, 0.25) is 5.02 Å². The fourth-order valence-electron chi connectivity index (χ4n) is 4.26. The SMILES string of the molecule is CC(=O)NC1CCC(Cc2[nH]nc(-c3ccc(Cl)cc3)c2-c2ccncc2)CC1. The van der Waals surface area contributed by atoms with Crippen molar-refractivity contribution in [1.29, 1.82) is 0 Å². The lowest BCUT2D eigenvalue weighted by Gasteiger charge is -2.28. The van der Waals surface area contributed by atoms with E-state index in [0.29, 0.717) is 17.0 Å². The van der Waals surface area contributed by atoms with Gasteiger partial charge in [-0.25, -0.2) is 0 Å². The number of aromatic amines is 1. The topological polar surface area (TPSA) is 70.7 Å². The Balaban J connectivity index is 1.59. The van der Waals surface area contributed by atoms with Gasteiger partial charge < -0.3 is 5.32 Å². The molecule has 0 radical (unpaired) electrons. The third-order valence-electron chi connectivity index (χ3n) is 5.67. The molecule has 0 unspecified atom stereocenters. The van der Waals surface area contributed by atoms with Crippen molar-refractivity contribution in [2.75, 3.05) is 0 Å². The summed E-state index contributed by atoms with van der Waals surface area (Å²) in [7, 11) is 0. The highest BCUT2D eigenvalue weighted by Crippen LogP contribution is 2.36. The van der Waals surface area contributed by atoms with E-state index in [-0.39, 0.29) is 5.91 Å². The van der Waals surface area contributed by atoms with Gasteiger partial charge in [-0.1, -0.05) is 23.7 Å². The molecule has 29 heavy (non-hydrogen) atoms. The number of pyridine rings is 1. The van der Waals surface area contributed by atoms with Gasteiger partial charge in [0, 0.05) is 47.2 Å². The van der Waals surface area contributed by atoms with Gasteiger partial charge in [0.1, 0.15) is 5.69 Å². The minimum absolute atomic E-state index is 0.0644. The molecule has 0 aliphatic heterocycles. The minimum Gasteiger partial charge on any atom is -0.354 e. The first-order chi connectivity index (χ1) is 14.1. The largest absolute Gasteiger partial charge is 0.354 e. The summed E-state index contributed by atoms with van der Waals surface area (Å²) in [5.74, 6) is 0.647. The average molecular weight is 409 g/mol. The first-order valence-electron chi connectivity index (χ1n) is 10.1. The number of H-pyrrole nitrogens is 1. The van der Waals surface area contributed by atoms with Crippen LogP contribution >= 0.6 is 11.6 Å². The third-order valence-corrected chi connectivity index (χ3v) is 5.93. The van der Waals surface area contributed by atoms with Crippen LogP contribution in [0, 0.1) is 5.92 Å². The predicted molar refractivity (Wildman–Crippen MR) is 116 cm³/mol. The molecular weight excluding hydrogens is 384 g/mol. The van der Waals surface area contributed by atoms with Gasteiger partial charge in [-0.15, -0.1) is 0 Å². The van der Waals surface area contributed by atoms with Gasteiger partial charge in [0.15, 0.2) is 0 Å².